The predicted molar refractivity (Wildman–Crippen MR) is 78.9 cm³/mol. The van der Waals surface area contributed by atoms with Gasteiger partial charge in [0.05, 0.1) is 11.4 Å². The number of nitrogens with zero attached hydrogens (tertiary/aromatic N) is 3. The molecule has 1 N–H and O–H groups in total. The minimum Gasteiger partial charge on any atom is -0.310 e. The summed E-state index contributed by atoms with van der Waals surface area (Å²) in [5.41, 5.74) is -1.46. The zero-order valence-corrected chi connectivity index (χ0v) is 11.9. The number of aromatic nitrogens is 2. The Morgan fingerprint density at radius 1 is 1.26 bits per heavy atom. The summed E-state index contributed by atoms with van der Waals surface area (Å²) in [6.45, 7) is 0.406. The monoisotopic (exact) mass is 314 g/mol. The lowest BCUT2D eigenvalue weighted by molar-refractivity contribution is -0.117. The van der Waals surface area contributed by atoms with Gasteiger partial charge in [-0.3, -0.25) is 19.1 Å². The number of rotatable bonds is 2. The first-order valence-corrected chi connectivity index (χ1v) is 6.87. The van der Waals surface area contributed by atoms with Crippen LogP contribution in [0.2, 0.25) is 0 Å². The molecular weight excluding hydrogens is 303 g/mol. The van der Waals surface area contributed by atoms with Crippen LogP contribution < -0.4 is 16.1 Å². The van der Waals surface area contributed by atoms with E-state index in [1.807, 2.05) is 4.98 Å². The SMILES string of the molecule is N#Cc1cn(-c2ccc(F)c(N3CCCC3=O)c2)c(=O)[nH]c1=O. The Balaban J connectivity index is 2.16. The molecule has 0 saturated carbocycles. The molecule has 1 fully saturated rings. The van der Waals surface area contributed by atoms with Gasteiger partial charge >= 0.3 is 5.69 Å². The van der Waals surface area contributed by atoms with Gasteiger partial charge in [-0.25, -0.2) is 9.18 Å². The van der Waals surface area contributed by atoms with E-state index in [4.69, 9.17) is 5.26 Å². The molecule has 2 aromatic rings. The number of halogens is 1. The minimum absolute atomic E-state index is 0.0709. The van der Waals surface area contributed by atoms with E-state index in [0.717, 1.165) is 16.8 Å². The van der Waals surface area contributed by atoms with Gasteiger partial charge in [-0.05, 0) is 24.6 Å². The number of nitriles is 1. The highest BCUT2D eigenvalue weighted by Crippen LogP contribution is 2.26. The van der Waals surface area contributed by atoms with Crippen LogP contribution in [0.15, 0.2) is 34.0 Å². The average molecular weight is 314 g/mol. The molecule has 1 aromatic carbocycles. The molecule has 1 aliphatic heterocycles. The second-order valence-corrected chi connectivity index (χ2v) is 5.07. The van der Waals surface area contributed by atoms with Gasteiger partial charge in [0, 0.05) is 19.2 Å². The van der Waals surface area contributed by atoms with E-state index in [-0.39, 0.29) is 22.8 Å². The van der Waals surface area contributed by atoms with Crippen LogP contribution in [0, 0.1) is 17.1 Å². The number of aromatic amines is 1. The number of carbonyl (C=O) groups is 1. The average Bonchev–Trinajstić information content (AvgIpc) is 2.94. The summed E-state index contributed by atoms with van der Waals surface area (Å²) in [6.07, 6.45) is 2.07. The molecule has 0 spiro atoms. The van der Waals surface area contributed by atoms with E-state index in [2.05, 4.69) is 0 Å². The third-order valence-corrected chi connectivity index (χ3v) is 3.63. The lowest BCUT2D eigenvalue weighted by atomic mass is 10.2. The van der Waals surface area contributed by atoms with Gasteiger partial charge in [0.25, 0.3) is 5.56 Å². The lowest BCUT2D eigenvalue weighted by Gasteiger charge is -2.18. The van der Waals surface area contributed by atoms with Crippen LogP contribution in [-0.2, 0) is 4.79 Å². The van der Waals surface area contributed by atoms with Crippen LogP contribution in [0.25, 0.3) is 5.69 Å². The van der Waals surface area contributed by atoms with Gasteiger partial charge < -0.3 is 4.90 Å². The van der Waals surface area contributed by atoms with Gasteiger partial charge in [0.1, 0.15) is 17.4 Å². The molecule has 23 heavy (non-hydrogen) atoms. The summed E-state index contributed by atoms with van der Waals surface area (Å²) in [5, 5.41) is 8.89. The van der Waals surface area contributed by atoms with Gasteiger partial charge in [-0.15, -0.1) is 0 Å². The van der Waals surface area contributed by atoms with Crippen molar-refractivity contribution >= 4 is 11.6 Å². The van der Waals surface area contributed by atoms with E-state index in [1.54, 1.807) is 6.07 Å². The van der Waals surface area contributed by atoms with Gasteiger partial charge in [-0.2, -0.15) is 5.26 Å². The fraction of sp³-hybridized carbons (Fsp3) is 0.200. The highest BCUT2D eigenvalue weighted by atomic mass is 19.1. The smallest absolute Gasteiger partial charge is 0.310 e. The molecule has 3 rings (SSSR count). The van der Waals surface area contributed by atoms with E-state index >= 15 is 0 Å². The molecule has 116 valence electrons. The molecule has 2 heterocycles. The number of anilines is 1. The maximum atomic E-state index is 14.0. The fourth-order valence-electron chi connectivity index (χ4n) is 2.50. The second kappa shape index (κ2) is 5.53. The predicted octanol–water partition coefficient (Wildman–Crippen LogP) is 0.663. The number of carbonyl (C=O) groups excluding carboxylic acids is 1. The molecule has 8 heteroatoms. The van der Waals surface area contributed by atoms with Crippen LogP contribution in [0.1, 0.15) is 18.4 Å². The summed E-state index contributed by atoms with van der Waals surface area (Å²) < 4.78 is 15.1. The molecule has 1 amide bonds. The van der Waals surface area contributed by atoms with Crippen molar-refractivity contribution < 1.29 is 9.18 Å². The minimum atomic E-state index is -0.786. The quantitative estimate of drug-likeness (QED) is 0.880. The Kier molecular flexibility index (Phi) is 3.54. The van der Waals surface area contributed by atoms with Gasteiger partial charge in [-0.1, -0.05) is 0 Å². The summed E-state index contributed by atoms with van der Waals surface area (Å²) >= 11 is 0. The van der Waals surface area contributed by atoms with Crippen molar-refractivity contribution in [1.29, 1.82) is 5.26 Å². The summed E-state index contributed by atoms with van der Waals surface area (Å²) in [4.78, 5) is 38.5. The number of hydrogen-bond acceptors (Lipinski definition) is 4. The Bertz CT molecular complexity index is 954. The van der Waals surface area contributed by atoms with Crippen molar-refractivity contribution in [2.45, 2.75) is 12.8 Å². The van der Waals surface area contributed by atoms with Crippen molar-refractivity contribution in [3.8, 4) is 11.8 Å². The van der Waals surface area contributed by atoms with Gasteiger partial charge in [0.2, 0.25) is 5.91 Å². The zero-order chi connectivity index (χ0) is 16.6. The zero-order valence-electron chi connectivity index (χ0n) is 11.9. The first-order chi connectivity index (χ1) is 11.0. The largest absolute Gasteiger partial charge is 0.332 e. The Morgan fingerprint density at radius 3 is 2.70 bits per heavy atom. The van der Waals surface area contributed by atoms with E-state index in [0.29, 0.717) is 19.4 Å². The maximum Gasteiger partial charge on any atom is 0.332 e. The molecule has 0 atom stereocenters. The Labute approximate surface area is 129 Å². The van der Waals surface area contributed by atoms with Crippen molar-refractivity contribution in [3.05, 3.63) is 56.6 Å². The number of amides is 1. The van der Waals surface area contributed by atoms with Crippen molar-refractivity contribution in [1.82, 2.24) is 9.55 Å². The van der Waals surface area contributed by atoms with Crippen LogP contribution in [0.5, 0.6) is 0 Å². The third kappa shape index (κ3) is 2.53. The Hall–Kier alpha value is -3.21. The van der Waals surface area contributed by atoms with Crippen molar-refractivity contribution in [3.63, 3.8) is 0 Å². The highest BCUT2D eigenvalue weighted by molar-refractivity contribution is 5.95. The van der Waals surface area contributed by atoms with Crippen LogP contribution in [0.3, 0.4) is 0 Å². The third-order valence-electron chi connectivity index (χ3n) is 3.63. The maximum absolute atomic E-state index is 14.0. The first-order valence-electron chi connectivity index (χ1n) is 6.87. The second-order valence-electron chi connectivity index (χ2n) is 5.07. The van der Waals surface area contributed by atoms with Crippen LogP contribution >= 0.6 is 0 Å². The Morgan fingerprint density at radius 2 is 2.04 bits per heavy atom. The molecule has 0 aliphatic carbocycles. The van der Waals surface area contributed by atoms with E-state index < -0.39 is 17.1 Å². The first kappa shape index (κ1) is 14.7. The molecule has 0 radical (unpaired) electrons. The normalized spacial score (nSPS) is 14.1. The molecule has 1 aromatic heterocycles. The van der Waals surface area contributed by atoms with Crippen LogP contribution in [0.4, 0.5) is 10.1 Å². The van der Waals surface area contributed by atoms with Crippen molar-refractivity contribution in [2.75, 3.05) is 11.4 Å². The lowest BCUT2D eigenvalue weighted by Crippen LogP contribution is -2.30. The highest BCUT2D eigenvalue weighted by Gasteiger charge is 2.24. The number of hydrogen-bond donors (Lipinski definition) is 1. The van der Waals surface area contributed by atoms with Crippen molar-refractivity contribution in [2.24, 2.45) is 0 Å². The summed E-state index contributed by atoms with van der Waals surface area (Å²) in [5.74, 6) is -0.769. The van der Waals surface area contributed by atoms with E-state index in [1.165, 1.54) is 17.0 Å². The molecule has 0 unspecified atom stereocenters. The standard InChI is InChI=1S/C15H11FN4O3/c16-11-4-3-10(6-12(11)19-5-1-2-13(19)21)20-8-9(7-17)14(22)18-15(20)23/h3-4,6,8H,1-2,5H2,(H,18,22,23). The molecular formula is C15H11FN4O3. The summed E-state index contributed by atoms with van der Waals surface area (Å²) in [7, 11) is 0. The molecule has 1 saturated heterocycles. The fourth-order valence-corrected chi connectivity index (χ4v) is 2.50. The molecule has 7 nitrogen and oxygen atoms in total. The number of nitrogens with one attached hydrogen (secondary N) is 1. The van der Waals surface area contributed by atoms with Crippen LogP contribution in [-0.4, -0.2) is 22.0 Å². The molecule has 1 aliphatic rings. The van der Waals surface area contributed by atoms with E-state index in [9.17, 15) is 18.8 Å². The number of H-pyrrole nitrogens is 1. The topological polar surface area (TPSA) is 99.0 Å². The number of benzene rings is 1. The van der Waals surface area contributed by atoms with Gasteiger partial charge in [0.15, 0.2) is 0 Å². The molecule has 0 bridgehead atoms. The summed E-state index contributed by atoms with van der Waals surface area (Å²) in [6, 6.07) is 5.50.